The van der Waals surface area contributed by atoms with Gasteiger partial charge in [0.15, 0.2) is 0 Å². The highest BCUT2D eigenvalue weighted by Crippen LogP contribution is 2.14. The lowest BCUT2D eigenvalue weighted by molar-refractivity contribution is 0.0925. The van der Waals surface area contributed by atoms with Gasteiger partial charge in [-0.1, -0.05) is 6.07 Å². The van der Waals surface area contributed by atoms with E-state index in [1.165, 1.54) is 12.1 Å². The molecule has 24 heavy (non-hydrogen) atoms. The molecule has 0 radical (unpaired) electrons. The van der Waals surface area contributed by atoms with E-state index in [0.29, 0.717) is 11.6 Å². The number of amides is 1. The van der Waals surface area contributed by atoms with Crippen LogP contribution in [0, 0.1) is 0 Å². The van der Waals surface area contributed by atoms with Crippen molar-refractivity contribution < 1.29 is 13.2 Å². The molecule has 1 aliphatic rings. The van der Waals surface area contributed by atoms with Crippen LogP contribution in [0.5, 0.6) is 0 Å². The highest BCUT2D eigenvalue weighted by molar-refractivity contribution is 7.89. The van der Waals surface area contributed by atoms with Gasteiger partial charge < -0.3 is 10.6 Å². The lowest BCUT2D eigenvalue weighted by atomic mass is 10.0. The van der Waals surface area contributed by atoms with Crippen LogP contribution in [0.3, 0.4) is 0 Å². The quantitative estimate of drug-likeness (QED) is 0.730. The summed E-state index contributed by atoms with van der Waals surface area (Å²) in [6, 6.07) is 6.43. The molecule has 8 heteroatoms. The molecule has 2 atom stereocenters. The van der Waals surface area contributed by atoms with Gasteiger partial charge in [-0.2, -0.15) is 0 Å². The van der Waals surface area contributed by atoms with Crippen LogP contribution in [0.4, 0.5) is 0 Å². The topological polar surface area (TPSA) is 87.3 Å². The van der Waals surface area contributed by atoms with E-state index in [-0.39, 0.29) is 35.3 Å². The van der Waals surface area contributed by atoms with Gasteiger partial charge in [-0.15, -0.1) is 12.4 Å². The highest BCUT2D eigenvalue weighted by Gasteiger charge is 2.22. The van der Waals surface area contributed by atoms with E-state index >= 15 is 0 Å². The average Bonchev–Trinajstić information content (AvgIpc) is 2.46. The Morgan fingerprint density at radius 2 is 2.04 bits per heavy atom. The van der Waals surface area contributed by atoms with Gasteiger partial charge in [-0.25, -0.2) is 13.1 Å². The maximum absolute atomic E-state index is 12.4. The lowest BCUT2D eigenvalue weighted by Crippen LogP contribution is -2.46. The van der Waals surface area contributed by atoms with E-state index in [1.807, 2.05) is 0 Å². The minimum atomic E-state index is -3.60. The highest BCUT2D eigenvalue weighted by atomic mass is 35.5. The monoisotopic (exact) mass is 375 g/mol. The van der Waals surface area contributed by atoms with Gasteiger partial charge in [0.25, 0.3) is 5.91 Å². The van der Waals surface area contributed by atoms with Crippen molar-refractivity contribution in [1.82, 2.24) is 15.4 Å². The number of rotatable bonds is 5. The van der Waals surface area contributed by atoms with Gasteiger partial charge in [0, 0.05) is 23.7 Å². The fraction of sp³-hybridized carbons (Fsp3) is 0.562. The van der Waals surface area contributed by atoms with E-state index in [2.05, 4.69) is 22.3 Å². The normalized spacial score (nSPS) is 21.2. The predicted octanol–water partition coefficient (Wildman–Crippen LogP) is 1.67. The first-order valence-electron chi connectivity index (χ1n) is 7.94. The first-order valence-corrected chi connectivity index (χ1v) is 9.43. The molecule has 1 amide bonds. The third-order valence-electron chi connectivity index (χ3n) is 3.76. The number of piperidine rings is 1. The van der Waals surface area contributed by atoms with Crippen molar-refractivity contribution in [2.45, 2.75) is 56.6 Å². The van der Waals surface area contributed by atoms with E-state index in [1.54, 1.807) is 26.0 Å². The number of halogens is 1. The van der Waals surface area contributed by atoms with Crippen molar-refractivity contribution >= 4 is 28.3 Å². The van der Waals surface area contributed by atoms with Crippen LogP contribution in [0.15, 0.2) is 29.2 Å². The van der Waals surface area contributed by atoms with E-state index in [4.69, 9.17) is 0 Å². The molecule has 1 fully saturated rings. The number of carbonyl (C=O) groups excluding carboxylic acids is 1. The number of benzene rings is 1. The van der Waals surface area contributed by atoms with Gasteiger partial charge in [0.05, 0.1) is 4.90 Å². The third kappa shape index (κ3) is 5.73. The first kappa shape index (κ1) is 20.9. The molecule has 0 aromatic heterocycles. The summed E-state index contributed by atoms with van der Waals surface area (Å²) in [7, 11) is -3.60. The third-order valence-corrected chi connectivity index (χ3v) is 5.41. The van der Waals surface area contributed by atoms with Crippen molar-refractivity contribution in [1.29, 1.82) is 0 Å². The fourth-order valence-corrected chi connectivity index (χ4v) is 4.01. The van der Waals surface area contributed by atoms with E-state index in [9.17, 15) is 13.2 Å². The van der Waals surface area contributed by atoms with Crippen molar-refractivity contribution in [2.24, 2.45) is 0 Å². The first-order chi connectivity index (χ1) is 10.8. The summed E-state index contributed by atoms with van der Waals surface area (Å²) < 4.78 is 26.9. The number of hydrogen-bond donors (Lipinski definition) is 3. The Bertz CT molecular complexity index is 664. The standard InChI is InChI=1S/C16H25N3O3S.ClH/c1-11(2)19-23(21,22)15-6-4-5-13(10-15)16(20)18-14-7-8-17-12(3)9-14;/h4-6,10-12,14,17,19H,7-9H2,1-3H3,(H,18,20);1H. The zero-order valence-electron chi connectivity index (χ0n) is 14.2. The minimum Gasteiger partial charge on any atom is -0.349 e. The Balaban J connectivity index is 0.00000288. The molecule has 0 spiro atoms. The summed E-state index contributed by atoms with van der Waals surface area (Å²) in [4.78, 5) is 12.5. The number of sulfonamides is 1. The van der Waals surface area contributed by atoms with Crippen molar-refractivity contribution in [3.05, 3.63) is 29.8 Å². The summed E-state index contributed by atoms with van der Waals surface area (Å²) in [5, 5.41) is 6.32. The van der Waals surface area contributed by atoms with Crippen LogP contribution in [0.1, 0.15) is 44.0 Å². The minimum absolute atomic E-state index is 0. The lowest BCUT2D eigenvalue weighted by Gasteiger charge is -2.28. The number of hydrogen-bond acceptors (Lipinski definition) is 4. The smallest absolute Gasteiger partial charge is 0.251 e. The van der Waals surface area contributed by atoms with Gasteiger partial charge >= 0.3 is 0 Å². The predicted molar refractivity (Wildman–Crippen MR) is 97.1 cm³/mol. The van der Waals surface area contributed by atoms with Crippen LogP contribution in [0.2, 0.25) is 0 Å². The Labute approximate surface area is 150 Å². The van der Waals surface area contributed by atoms with Crippen molar-refractivity contribution in [2.75, 3.05) is 6.54 Å². The summed E-state index contributed by atoms with van der Waals surface area (Å²) in [6.45, 7) is 6.47. The van der Waals surface area contributed by atoms with Gasteiger partial charge in [-0.05, 0) is 58.4 Å². The maximum Gasteiger partial charge on any atom is 0.251 e. The second-order valence-corrected chi connectivity index (χ2v) is 8.07. The molecule has 6 nitrogen and oxygen atoms in total. The van der Waals surface area contributed by atoms with Crippen LogP contribution >= 0.6 is 12.4 Å². The molecule has 136 valence electrons. The fourth-order valence-electron chi connectivity index (χ4n) is 2.71. The summed E-state index contributed by atoms with van der Waals surface area (Å²) in [6.07, 6.45) is 1.75. The Morgan fingerprint density at radius 1 is 1.33 bits per heavy atom. The SMILES string of the molecule is CC(C)NS(=O)(=O)c1cccc(C(=O)NC2CCNC(C)C2)c1.Cl. The Morgan fingerprint density at radius 3 is 2.67 bits per heavy atom. The Kier molecular flexibility index (Phi) is 7.66. The molecular formula is C16H26ClN3O3S. The van der Waals surface area contributed by atoms with Crippen molar-refractivity contribution in [3.63, 3.8) is 0 Å². The average molecular weight is 376 g/mol. The van der Waals surface area contributed by atoms with Gasteiger partial charge in [-0.3, -0.25) is 4.79 Å². The zero-order chi connectivity index (χ0) is 17.0. The number of carbonyl (C=O) groups is 1. The molecule has 1 aromatic carbocycles. The molecule has 0 bridgehead atoms. The van der Waals surface area contributed by atoms with Gasteiger partial charge in [0.2, 0.25) is 10.0 Å². The molecular weight excluding hydrogens is 350 g/mol. The van der Waals surface area contributed by atoms with Crippen LogP contribution in [0.25, 0.3) is 0 Å². The Hall–Kier alpha value is -1.15. The second-order valence-electron chi connectivity index (χ2n) is 6.35. The molecule has 1 aromatic rings. The molecule has 1 heterocycles. The zero-order valence-corrected chi connectivity index (χ0v) is 15.8. The molecule has 1 saturated heterocycles. The molecule has 2 unspecified atom stereocenters. The number of nitrogens with one attached hydrogen (secondary N) is 3. The maximum atomic E-state index is 12.4. The summed E-state index contributed by atoms with van der Waals surface area (Å²) >= 11 is 0. The molecule has 0 aliphatic carbocycles. The summed E-state index contributed by atoms with van der Waals surface area (Å²) in [5.74, 6) is -0.231. The molecule has 0 saturated carbocycles. The van der Waals surface area contributed by atoms with E-state index in [0.717, 1.165) is 19.4 Å². The molecule has 1 aliphatic heterocycles. The van der Waals surface area contributed by atoms with Crippen molar-refractivity contribution in [3.8, 4) is 0 Å². The van der Waals surface area contributed by atoms with Crippen LogP contribution < -0.4 is 15.4 Å². The van der Waals surface area contributed by atoms with E-state index < -0.39 is 10.0 Å². The van der Waals surface area contributed by atoms with Gasteiger partial charge in [0.1, 0.15) is 0 Å². The summed E-state index contributed by atoms with van der Waals surface area (Å²) in [5.41, 5.74) is 0.364. The largest absolute Gasteiger partial charge is 0.349 e. The van der Waals surface area contributed by atoms with Crippen LogP contribution in [-0.4, -0.2) is 39.0 Å². The molecule has 2 rings (SSSR count). The second kappa shape index (κ2) is 8.80. The van der Waals surface area contributed by atoms with Crippen LogP contribution in [-0.2, 0) is 10.0 Å². The molecule has 3 N–H and O–H groups in total.